The summed E-state index contributed by atoms with van der Waals surface area (Å²) in [4.78, 5) is 8.63. The minimum atomic E-state index is 0.445. The molecule has 2 aromatic heterocycles. The minimum Gasteiger partial charge on any atom is -0.375 e. The van der Waals surface area contributed by atoms with Gasteiger partial charge in [-0.25, -0.2) is 4.98 Å². The number of nitrogens with zero attached hydrogens (tertiary/aromatic N) is 3. The van der Waals surface area contributed by atoms with Crippen molar-refractivity contribution < 1.29 is 4.52 Å². The topological polar surface area (TPSA) is 77.8 Å². The van der Waals surface area contributed by atoms with Crippen LogP contribution in [0.25, 0.3) is 11.6 Å². The van der Waals surface area contributed by atoms with E-state index in [9.17, 15) is 0 Å². The van der Waals surface area contributed by atoms with Gasteiger partial charge in [-0.15, -0.1) is 11.3 Å². The van der Waals surface area contributed by atoms with Crippen LogP contribution < -0.4 is 5.73 Å². The van der Waals surface area contributed by atoms with Crippen LogP contribution in [0.2, 0.25) is 0 Å². The molecule has 1 fully saturated rings. The zero-order chi connectivity index (χ0) is 12.4. The van der Waals surface area contributed by atoms with E-state index in [1.807, 2.05) is 5.38 Å². The Morgan fingerprint density at radius 2 is 1.94 bits per heavy atom. The Labute approximate surface area is 109 Å². The lowest BCUT2D eigenvalue weighted by Gasteiger charge is -2.07. The number of hydrogen-bond donors (Lipinski definition) is 1. The molecule has 0 amide bonds. The highest BCUT2D eigenvalue weighted by molar-refractivity contribution is 7.13. The van der Waals surface area contributed by atoms with Crippen LogP contribution in [0.1, 0.15) is 50.3 Å². The fourth-order valence-corrected chi connectivity index (χ4v) is 2.97. The summed E-state index contributed by atoms with van der Waals surface area (Å²) in [6, 6.07) is 0. The van der Waals surface area contributed by atoms with E-state index in [4.69, 9.17) is 10.3 Å². The van der Waals surface area contributed by atoms with E-state index >= 15 is 0 Å². The van der Waals surface area contributed by atoms with Crippen molar-refractivity contribution in [3.05, 3.63) is 11.2 Å². The van der Waals surface area contributed by atoms with Crippen molar-refractivity contribution in [1.29, 1.82) is 0 Å². The zero-order valence-corrected chi connectivity index (χ0v) is 10.9. The molecule has 2 aromatic rings. The van der Waals surface area contributed by atoms with Crippen molar-refractivity contribution in [1.82, 2.24) is 15.1 Å². The number of aromatic nitrogens is 3. The van der Waals surface area contributed by atoms with Gasteiger partial charge in [-0.3, -0.25) is 0 Å². The second-order valence-corrected chi connectivity index (χ2v) is 5.61. The number of nitrogens with two attached hydrogens (primary N) is 1. The summed E-state index contributed by atoms with van der Waals surface area (Å²) in [5, 5.41) is 6.48. The summed E-state index contributed by atoms with van der Waals surface area (Å²) in [7, 11) is 0. The van der Waals surface area contributed by atoms with Crippen LogP contribution in [0, 0.1) is 0 Å². The predicted octanol–water partition coefficient (Wildman–Crippen LogP) is 3.21. The van der Waals surface area contributed by atoms with E-state index in [0.29, 0.717) is 22.6 Å². The second kappa shape index (κ2) is 5.06. The normalized spacial score (nSPS) is 17.8. The fourth-order valence-electron chi connectivity index (χ4n) is 2.43. The molecular formula is C12H16N4OS. The number of hydrogen-bond acceptors (Lipinski definition) is 6. The summed E-state index contributed by atoms with van der Waals surface area (Å²) in [5.41, 5.74) is 6.29. The first-order valence-corrected chi connectivity index (χ1v) is 7.26. The maximum absolute atomic E-state index is 5.60. The Bertz CT molecular complexity index is 514. The quantitative estimate of drug-likeness (QED) is 0.843. The van der Waals surface area contributed by atoms with E-state index in [2.05, 4.69) is 15.1 Å². The smallest absolute Gasteiger partial charge is 0.277 e. The first kappa shape index (κ1) is 11.6. The average molecular weight is 264 g/mol. The van der Waals surface area contributed by atoms with Crippen LogP contribution in [0.4, 0.5) is 5.13 Å². The predicted molar refractivity (Wildman–Crippen MR) is 70.3 cm³/mol. The molecule has 18 heavy (non-hydrogen) atoms. The Balaban J connectivity index is 1.80. The van der Waals surface area contributed by atoms with Gasteiger partial charge >= 0.3 is 0 Å². The van der Waals surface area contributed by atoms with Gasteiger partial charge < -0.3 is 10.3 Å². The van der Waals surface area contributed by atoms with Gasteiger partial charge in [-0.1, -0.05) is 30.8 Å². The van der Waals surface area contributed by atoms with Gasteiger partial charge in [-0.2, -0.15) is 4.98 Å². The standard InChI is InChI=1S/C12H16N4OS/c13-12-14-9(7-18-12)11-15-10(16-17-11)8-5-3-1-2-4-6-8/h7-8H,1-6H2,(H2,13,14). The van der Waals surface area contributed by atoms with Gasteiger partial charge in [-0.05, 0) is 12.8 Å². The molecule has 3 rings (SSSR count). The average Bonchev–Trinajstić information content (AvgIpc) is 2.92. The number of nitrogen functional groups attached to an aromatic ring is 1. The molecular weight excluding hydrogens is 248 g/mol. The highest BCUT2D eigenvalue weighted by Crippen LogP contribution is 2.31. The summed E-state index contributed by atoms with van der Waals surface area (Å²) in [6.45, 7) is 0. The highest BCUT2D eigenvalue weighted by Gasteiger charge is 2.21. The molecule has 2 N–H and O–H groups in total. The first-order chi connectivity index (χ1) is 8.83. The van der Waals surface area contributed by atoms with Crippen molar-refractivity contribution in [2.45, 2.75) is 44.4 Å². The number of rotatable bonds is 2. The molecule has 6 heteroatoms. The Morgan fingerprint density at radius 1 is 1.17 bits per heavy atom. The lowest BCUT2D eigenvalue weighted by molar-refractivity contribution is 0.409. The van der Waals surface area contributed by atoms with E-state index in [-0.39, 0.29) is 0 Å². The van der Waals surface area contributed by atoms with Crippen molar-refractivity contribution in [3.8, 4) is 11.6 Å². The summed E-state index contributed by atoms with van der Waals surface area (Å²) < 4.78 is 5.29. The molecule has 0 radical (unpaired) electrons. The van der Waals surface area contributed by atoms with E-state index < -0.39 is 0 Å². The Hall–Kier alpha value is -1.43. The molecule has 1 aliphatic carbocycles. The van der Waals surface area contributed by atoms with Gasteiger partial charge in [0.05, 0.1) is 0 Å². The Morgan fingerprint density at radius 3 is 2.61 bits per heavy atom. The lowest BCUT2D eigenvalue weighted by atomic mass is 10.00. The van der Waals surface area contributed by atoms with Gasteiger partial charge in [0.25, 0.3) is 5.89 Å². The fraction of sp³-hybridized carbons (Fsp3) is 0.583. The number of anilines is 1. The first-order valence-electron chi connectivity index (χ1n) is 6.38. The largest absolute Gasteiger partial charge is 0.375 e. The molecule has 2 heterocycles. The Kier molecular flexibility index (Phi) is 3.27. The monoisotopic (exact) mass is 264 g/mol. The van der Waals surface area contributed by atoms with Gasteiger partial charge in [0.15, 0.2) is 11.0 Å². The molecule has 0 spiro atoms. The molecule has 0 aliphatic heterocycles. The molecule has 0 bridgehead atoms. The summed E-state index contributed by atoms with van der Waals surface area (Å²) in [5.74, 6) is 1.77. The number of thiazole rings is 1. The van der Waals surface area contributed by atoms with Crippen LogP contribution in [0.5, 0.6) is 0 Å². The van der Waals surface area contributed by atoms with Crippen molar-refractivity contribution in [2.24, 2.45) is 0 Å². The van der Waals surface area contributed by atoms with Gasteiger partial charge in [0, 0.05) is 11.3 Å². The second-order valence-electron chi connectivity index (χ2n) is 4.72. The molecule has 0 aromatic carbocycles. The van der Waals surface area contributed by atoms with Crippen LogP contribution >= 0.6 is 11.3 Å². The molecule has 96 valence electrons. The third kappa shape index (κ3) is 2.38. The lowest BCUT2D eigenvalue weighted by Crippen LogP contribution is -1.99. The minimum absolute atomic E-state index is 0.445. The summed E-state index contributed by atoms with van der Waals surface area (Å²) in [6.07, 6.45) is 7.50. The van der Waals surface area contributed by atoms with Crippen molar-refractivity contribution >= 4 is 16.5 Å². The highest BCUT2D eigenvalue weighted by atomic mass is 32.1. The third-order valence-corrected chi connectivity index (χ3v) is 4.08. The van der Waals surface area contributed by atoms with E-state index in [1.165, 1.54) is 37.0 Å². The van der Waals surface area contributed by atoms with Gasteiger partial charge in [0.1, 0.15) is 5.69 Å². The van der Waals surface area contributed by atoms with Crippen LogP contribution in [0.15, 0.2) is 9.90 Å². The van der Waals surface area contributed by atoms with Crippen LogP contribution in [0.3, 0.4) is 0 Å². The molecule has 1 saturated carbocycles. The van der Waals surface area contributed by atoms with Crippen LogP contribution in [-0.2, 0) is 0 Å². The molecule has 0 saturated heterocycles. The molecule has 5 nitrogen and oxygen atoms in total. The molecule has 0 unspecified atom stereocenters. The molecule has 1 aliphatic rings. The third-order valence-electron chi connectivity index (χ3n) is 3.40. The van der Waals surface area contributed by atoms with Crippen LogP contribution in [-0.4, -0.2) is 15.1 Å². The van der Waals surface area contributed by atoms with E-state index in [1.54, 1.807) is 0 Å². The van der Waals surface area contributed by atoms with Gasteiger partial charge in [0.2, 0.25) is 0 Å². The summed E-state index contributed by atoms with van der Waals surface area (Å²) >= 11 is 1.39. The van der Waals surface area contributed by atoms with Crippen molar-refractivity contribution in [3.63, 3.8) is 0 Å². The van der Waals surface area contributed by atoms with Crippen molar-refractivity contribution in [2.75, 3.05) is 5.73 Å². The maximum atomic E-state index is 5.60. The SMILES string of the molecule is Nc1nc(-c2nc(C3CCCCCC3)no2)cs1. The zero-order valence-electron chi connectivity index (χ0n) is 10.1. The molecule has 0 atom stereocenters. The maximum Gasteiger partial charge on any atom is 0.277 e. The van der Waals surface area contributed by atoms with E-state index in [0.717, 1.165) is 18.7 Å².